The number of oxazole rings is 2. The average molecular weight is 1440 g/mol. The quantitative estimate of drug-likeness (QED) is 0.0625. The Hall–Kier alpha value is -7.32. The number of nitrogens with one attached hydrogen (secondary N) is 7. The molecule has 6 amide bonds. The van der Waals surface area contributed by atoms with Gasteiger partial charge in [0.05, 0.1) is 99.6 Å². The molecule has 0 bridgehead atoms. The standard InChI is InChI=1S/C12H18N4O.3C12H17N3O2.2C12H17N3OS/c1-13-10-5-8-4-9(8)6-16(12(10)17)7-11-14-2-3-15-11;1-13-11-3-8-2-9(8)5-15(12(11)16)6-10-4-14-7-17-10;1-13-10-5-8-4-9(8)6-15(12(10)16)7-11-14-2-3-17-11;1-13-11-5-8-4-9(8)6-15(12(11)16)7-10-2-3-14-17-10;1-13-11-3-8-2-9(8)5-15(12(11)16)6-10-4-14-7-17-10;1-13-10-5-8-4-9(8)6-15(12(10)16)7-11-14-2-3-17-11/h2-3,8-10,13H,4-7H2,1H3,(H,14,15);4,7-9,11,13H,2-3,5-6H2,1H3;2-3,8-10,13H,4-7H2,1H3;2-3,8-9,11,13H,4-7H2,1H3;4,7-9,11,13H,2-3,5-6H2,1H3;2-3,8-10,13H,4-7H2,1H3. The number of hydrogen-bond donors (Lipinski definition) is 7. The van der Waals surface area contributed by atoms with Crippen molar-refractivity contribution in [3.8, 4) is 0 Å². The van der Waals surface area contributed by atoms with E-state index in [2.05, 4.69) is 67.0 Å². The number of aromatic amines is 1. The first-order valence-electron chi connectivity index (χ1n) is 36.8. The van der Waals surface area contributed by atoms with Gasteiger partial charge in [0.15, 0.2) is 12.2 Å². The van der Waals surface area contributed by atoms with Crippen molar-refractivity contribution >= 4 is 58.1 Å². The van der Waals surface area contributed by atoms with Gasteiger partial charge in [-0.2, -0.15) is 0 Å². The van der Waals surface area contributed by atoms with Gasteiger partial charge in [-0.25, -0.2) is 19.9 Å². The van der Waals surface area contributed by atoms with Crippen LogP contribution in [-0.2, 0) is 68.0 Å². The van der Waals surface area contributed by atoms with Crippen LogP contribution in [0.4, 0.5) is 0 Å². The van der Waals surface area contributed by atoms with E-state index < -0.39 is 0 Å². The first kappa shape index (κ1) is 73.0. The Morgan fingerprint density at radius 1 is 0.422 bits per heavy atom. The van der Waals surface area contributed by atoms with Crippen molar-refractivity contribution in [1.29, 1.82) is 0 Å². The van der Waals surface area contributed by atoms with Crippen LogP contribution in [0, 0.1) is 71.0 Å². The molecule has 28 nitrogen and oxygen atoms in total. The van der Waals surface area contributed by atoms with E-state index in [1.54, 1.807) is 66.1 Å². The molecule has 0 aromatic carbocycles. The van der Waals surface area contributed by atoms with E-state index in [1.165, 1.54) is 49.8 Å². The van der Waals surface area contributed by atoms with Gasteiger partial charge in [0.25, 0.3) is 0 Å². The van der Waals surface area contributed by atoms with Crippen molar-refractivity contribution in [3.63, 3.8) is 0 Å². The third-order valence-electron chi connectivity index (χ3n) is 23.1. The van der Waals surface area contributed by atoms with Gasteiger partial charge in [-0.1, -0.05) is 5.16 Å². The fourth-order valence-corrected chi connectivity index (χ4v) is 17.5. The molecule has 6 aliphatic heterocycles. The summed E-state index contributed by atoms with van der Waals surface area (Å²) < 4.78 is 15.5. The topological polar surface area (TPSA) is 327 Å². The first-order chi connectivity index (χ1) is 49.7. The Kier molecular flexibility index (Phi) is 24.1. The zero-order valence-electron chi connectivity index (χ0n) is 59.6. The van der Waals surface area contributed by atoms with Crippen molar-refractivity contribution in [2.45, 2.75) is 153 Å². The summed E-state index contributed by atoms with van der Waals surface area (Å²) >= 11 is 3.25. The number of thiazole rings is 2. The maximum absolute atomic E-state index is 12.3. The van der Waals surface area contributed by atoms with E-state index in [0.717, 1.165) is 154 Å². The molecule has 6 aromatic heterocycles. The summed E-state index contributed by atoms with van der Waals surface area (Å²) in [6.07, 6.45) is 28.7. The number of hydrogen-bond acceptors (Lipinski definition) is 23. The minimum absolute atomic E-state index is 0.00691. The molecule has 0 spiro atoms. The zero-order valence-corrected chi connectivity index (χ0v) is 61.3. The van der Waals surface area contributed by atoms with Crippen molar-refractivity contribution in [1.82, 2.24) is 96.4 Å². The molecule has 0 radical (unpaired) electrons. The molecular formula is C72H103N19O9S2. The predicted molar refractivity (Wildman–Crippen MR) is 379 cm³/mol. The van der Waals surface area contributed by atoms with E-state index in [0.29, 0.717) is 62.3 Å². The Balaban J connectivity index is 0.000000109. The summed E-state index contributed by atoms with van der Waals surface area (Å²) in [5, 5.41) is 25.5. The molecule has 6 aromatic rings. The van der Waals surface area contributed by atoms with Crippen LogP contribution in [0.25, 0.3) is 0 Å². The van der Waals surface area contributed by atoms with E-state index in [9.17, 15) is 28.8 Å². The van der Waals surface area contributed by atoms with Gasteiger partial charge in [0.1, 0.15) is 22.9 Å². The lowest BCUT2D eigenvalue weighted by atomic mass is 10.1. The monoisotopic (exact) mass is 1440 g/mol. The minimum atomic E-state index is -0.0394. The van der Waals surface area contributed by atoms with Crippen molar-refractivity contribution < 1.29 is 42.1 Å². The maximum atomic E-state index is 12.3. The predicted octanol–water partition coefficient (Wildman–Crippen LogP) is 4.46. The summed E-state index contributed by atoms with van der Waals surface area (Å²) in [6, 6.07) is 1.72. The summed E-state index contributed by atoms with van der Waals surface area (Å²) in [7, 11) is 11.2. The number of likely N-dealkylation sites (N-methyl/N-ethyl adjacent to an activating group) is 6. The fraction of sp³-hybridized carbons (Fsp3) is 0.667. The molecule has 6 aliphatic carbocycles. The Morgan fingerprint density at radius 2 is 0.853 bits per heavy atom. The van der Waals surface area contributed by atoms with Crippen LogP contribution in [0.1, 0.15) is 110 Å². The Bertz CT molecular complexity index is 3040. The van der Waals surface area contributed by atoms with E-state index in [1.807, 2.05) is 94.8 Å². The number of fused-ring (bicyclic) bond motifs is 6. The summed E-state index contributed by atoms with van der Waals surface area (Å²) in [6.45, 7) is 8.90. The summed E-state index contributed by atoms with van der Waals surface area (Å²) in [5.41, 5.74) is 1.83. The van der Waals surface area contributed by atoms with Crippen LogP contribution in [0.5, 0.6) is 0 Å². The van der Waals surface area contributed by atoms with Crippen molar-refractivity contribution in [3.05, 3.63) is 106 Å². The minimum Gasteiger partial charge on any atom is -0.447 e. The number of imidazole rings is 1. The largest absolute Gasteiger partial charge is 0.447 e. The highest BCUT2D eigenvalue weighted by Gasteiger charge is 2.51. The smallest absolute Gasteiger partial charge is 0.240 e. The molecule has 30 heteroatoms. The highest BCUT2D eigenvalue weighted by atomic mass is 32.1. The van der Waals surface area contributed by atoms with Gasteiger partial charge in [0.2, 0.25) is 41.3 Å². The van der Waals surface area contributed by atoms with Gasteiger partial charge < -0.3 is 79.6 Å². The molecule has 552 valence electrons. The van der Waals surface area contributed by atoms with E-state index in [4.69, 9.17) is 13.4 Å². The molecule has 18 rings (SSSR count). The molecule has 12 heterocycles. The third-order valence-corrected chi connectivity index (χ3v) is 24.7. The number of H-pyrrole nitrogens is 1. The lowest BCUT2D eigenvalue weighted by Crippen LogP contribution is -2.44. The van der Waals surface area contributed by atoms with Gasteiger partial charge in [-0.3, -0.25) is 33.8 Å². The van der Waals surface area contributed by atoms with Crippen LogP contribution >= 0.6 is 22.7 Å². The molecule has 12 fully saturated rings. The van der Waals surface area contributed by atoms with Crippen LogP contribution in [0.2, 0.25) is 0 Å². The van der Waals surface area contributed by atoms with Crippen molar-refractivity contribution in [2.75, 3.05) is 81.6 Å². The van der Waals surface area contributed by atoms with E-state index >= 15 is 0 Å². The molecule has 12 aliphatic rings. The zero-order chi connectivity index (χ0) is 71.0. The number of carbonyl (C=O) groups is 6. The number of aromatic nitrogens is 7. The average Bonchev–Trinajstić information content (AvgIpc) is 1.68. The van der Waals surface area contributed by atoms with Crippen LogP contribution in [-0.4, -0.2) is 218 Å². The van der Waals surface area contributed by atoms with Gasteiger partial charge in [-0.15, -0.1) is 22.7 Å². The molecule has 6 saturated heterocycles. The molecule has 18 unspecified atom stereocenters. The first-order valence-corrected chi connectivity index (χ1v) is 38.6. The lowest BCUT2D eigenvalue weighted by molar-refractivity contribution is -0.134. The molecule has 18 atom stereocenters. The van der Waals surface area contributed by atoms with Gasteiger partial charge in [-0.05, 0) is 190 Å². The van der Waals surface area contributed by atoms with Crippen LogP contribution in [0.3, 0.4) is 0 Å². The van der Waals surface area contributed by atoms with Gasteiger partial charge in [0, 0.05) is 80.4 Å². The summed E-state index contributed by atoms with van der Waals surface area (Å²) in [4.78, 5) is 110. The third kappa shape index (κ3) is 19.0. The SMILES string of the molecule is CNC1CC2CC2CN(Cc2ccno2)C1=O.CNC1CC2CC2CN(Cc2cnco2)C1=O.CNC1CC2CC2CN(Cc2cncs2)C1=O.CNC1CC2CC2CN(Cc2ncc[nH]2)C1=O.CNC1CC2CC2CN(Cc2ncco2)C1=O.CNC1CC2CC2CN(Cc2nccs2)C1=O. The highest BCUT2D eigenvalue weighted by molar-refractivity contribution is 7.09. The van der Waals surface area contributed by atoms with Crippen molar-refractivity contribution in [2.24, 2.45) is 71.0 Å². The second kappa shape index (κ2) is 33.6. The Labute approximate surface area is 604 Å². The number of likely N-dealkylation sites (tertiary alicyclic amines) is 6. The normalized spacial score (nSPS) is 32.2. The second-order valence-corrected chi connectivity index (χ2v) is 32.1. The molecular weight excluding hydrogens is 1340 g/mol. The fourth-order valence-electron chi connectivity index (χ4n) is 16.3. The molecule has 102 heavy (non-hydrogen) atoms. The number of amides is 6. The molecule has 7 N–H and O–H groups in total. The van der Waals surface area contributed by atoms with E-state index in [-0.39, 0.29) is 71.7 Å². The van der Waals surface area contributed by atoms with Crippen LogP contribution in [0.15, 0.2) is 86.3 Å². The van der Waals surface area contributed by atoms with Gasteiger partial charge >= 0.3 is 0 Å². The van der Waals surface area contributed by atoms with Crippen LogP contribution < -0.4 is 31.9 Å². The highest BCUT2D eigenvalue weighted by Crippen LogP contribution is 2.49. The molecule has 6 saturated carbocycles. The maximum Gasteiger partial charge on any atom is 0.240 e. The number of carbonyl (C=O) groups excluding carboxylic acids is 6. The lowest BCUT2D eigenvalue weighted by Gasteiger charge is -2.24. The second-order valence-electron chi connectivity index (χ2n) is 30.1. The Morgan fingerprint density at radius 3 is 1.21 bits per heavy atom. The summed E-state index contributed by atoms with van der Waals surface area (Å²) in [5.74, 6) is 13.0. The number of rotatable bonds is 18. The number of nitrogens with zero attached hydrogens (tertiary/aromatic N) is 12.